The van der Waals surface area contributed by atoms with Crippen molar-refractivity contribution < 1.29 is 23.5 Å². The van der Waals surface area contributed by atoms with Crippen LogP contribution in [-0.4, -0.2) is 16.8 Å². The van der Waals surface area contributed by atoms with Gasteiger partial charge in [-0.3, -0.25) is 14.5 Å². The molecular formula is C22H21F2NO3. The largest absolute Gasteiger partial charge is 0.503 e. The Bertz CT molecular complexity index is 981. The summed E-state index contributed by atoms with van der Waals surface area (Å²) in [4.78, 5) is 26.6. The predicted octanol–water partition coefficient (Wildman–Crippen LogP) is 4.79. The van der Waals surface area contributed by atoms with E-state index >= 15 is 0 Å². The van der Waals surface area contributed by atoms with E-state index in [1.165, 1.54) is 0 Å². The van der Waals surface area contributed by atoms with Crippen LogP contribution in [0.15, 0.2) is 53.8 Å². The molecule has 3 rings (SSSR count). The second-order valence-electron chi connectivity index (χ2n) is 7.37. The molecule has 1 aliphatic rings. The number of carbonyl (C=O) groups excluding carboxylic acids is 2. The zero-order valence-corrected chi connectivity index (χ0v) is 15.9. The van der Waals surface area contributed by atoms with Gasteiger partial charge in [0.05, 0.1) is 17.3 Å². The number of anilines is 1. The quantitative estimate of drug-likeness (QED) is 0.805. The SMILES string of the molecule is Cc1cccc(C2C(C(=O)CC(C)C)=C(O)C(=O)N2c2cc(F)ccc2F)c1. The van der Waals surface area contributed by atoms with E-state index in [0.717, 1.165) is 28.7 Å². The van der Waals surface area contributed by atoms with Gasteiger partial charge in [0.2, 0.25) is 0 Å². The Balaban J connectivity index is 2.21. The number of aliphatic hydroxyl groups is 1. The summed E-state index contributed by atoms with van der Waals surface area (Å²) in [6.45, 7) is 5.53. The molecule has 0 saturated carbocycles. The van der Waals surface area contributed by atoms with E-state index in [0.29, 0.717) is 5.56 Å². The zero-order chi connectivity index (χ0) is 20.6. The fourth-order valence-corrected chi connectivity index (χ4v) is 3.45. The van der Waals surface area contributed by atoms with Gasteiger partial charge in [0.25, 0.3) is 5.91 Å². The Kier molecular flexibility index (Phi) is 5.31. The van der Waals surface area contributed by atoms with E-state index < -0.39 is 35.1 Å². The topological polar surface area (TPSA) is 57.6 Å². The van der Waals surface area contributed by atoms with Crippen molar-refractivity contribution in [1.82, 2.24) is 0 Å². The van der Waals surface area contributed by atoms with Crippen LogP contribution in [0.4, 0.5) is 14.5 Å². The number of hydrogen-bond acceptors (Lipinski definition) is 3. The molecular weight excluding hydrogens is 364 g/mol. The predicted molar refractivity (Wildman–Crippen MR) is 102 cm³/mol. The molecule has 1 amide bonds. The monoisotopic (exact) mass is 385 g/mol. The van der Waals surface area contributed by atoms with Crippen LogP contribution < -0.4 is 4.90 Å². The van der Waals surface area contributed by atoms with Crippen LogP contribution in [0.5, 0.6) is 0 Å². The number of nitrogens with zero attached hydrogens (tertiary/aromatic N) is 1. The lowest BCUT2D eigenvalue weighted by Crippen LogP contribution is -2.32. The average molecular weight is 385 g/mol. The van der Waals surface area contributed by atoms with Gasteiger partial charge in [-0.15, -0.1) is 0 Å². The second kappa shape index (κ2) is 7.54. The average Bonchev–Trinajstić information content (AvgIpc) is 2.88. The van der Waals surface area contributed by atoms with Gasteiger partial charge in [0, 0.05) is 12.5 Å². The molecule has 0 radical (unpaired) electrons. The molecule has 0 aliphatic carbocycles. The molecule has 146 valence electrons. The summed E-state index contributed by atoms with van der Waals surface area (Å²) >= 11 is 0. The van der Waals surface area contributed by atoms with Crippen molar-refractivity contribution >= 4 is 17.4 Å². The maximum absolute atomic E-state index is 14.5. The zero-order valence-electron chi connectivity index (χ0n) is 15.9. The van der Waals surface area contributed by atoms with Crippen LogP contribution in [0.25, 0.3) is 0 Å². The number of carbonyl (C=O) groups is 2. The van der Waals surface area contributed by atoms with Crippen molar-refractivity contribution in [2.75, 3.05) is 4.90 Å². The molecule has 2 aromatic carbocycles. The highest BCUT2D eigenvalue weighted by atomic mass is 19.1. The number of aryl methyl sites for hydroxylation is 1. The van der Waals surface area contributed by atoms with Gasteiger partial charge in [0.1, 0.15) is 11.6 Å². The first-order valence-corrected chi connectivity index (χ1v) is 9.02. The summed E-state index contributed by atoms with van der Waals surface area (Å²) in [5.41, 5.74) is 0.989. The Hall–Kier alpha value is -3.02. The Morgan fingerprint density at radius 3 is 2.54 bits per heavy atom. The Labute approximate surface area is 162 Å². The Morgan fingerprint density at radius 2 is 1.89 bits per heavy atom. The molecule has 1 atom stereocenters. The third-order valence-corrected chi connectivity index (χ3v) is 4.63. The molecule has 4 nitrogen and oxygen atoms in total. The smallest absolute Gasteiger partial charge is 0.294 e. The van der Waals surface area contributed by atoms with E-state index in [1.54, 1.807) is 18.2 Å². The van der Waals surface area contributed by atoms with Crippen LogP contribution in [-0.2, 0) is 9.59 Å². The minimum Gasteiger partial charge on any atom is -0.503 e. The van der Waals surface area contributed by atoms with Crippen LogP contribution in [0, 0.1) is 24.5 Å². The first kappa shape index (κ1) is 19.7. The molecule has 2 aromatic rings. The normalized spacial score (nSPS) is 17.0. The molecule has 0 aromatic heterocycles. The Morgan fingerprint density at radius 1 is 1.18 bits per heavy atom. The number of halogens is 2. The molecule has 1 N–H and O–H groups in total. The summed E-state index contributed by atoms with van der Waals surface area (Å²) in [7, 11) is 0. The lowest BCUT2D eigenvalue weighted by molar-refractivity contribution is -0.118. The third kappa shape index (κ3) is 3.54. The summed E-state index contributed by atoms with van der Waals surface area (Å²) in [5, 5.41) is 10.5. The van der Waals surface area contributed by atoms with Gasteiger partial charge in [0.15, 0.2) is 11.5 Å². The summed E-state index contributed by atoms with van der Waals surface area (Å²) in [5.74, 6) is -3.59. The number of benzene rings is 2. The molecule has 0 bridgehead atoms. The van der Waals surface area contributed by atoms with Crippen molar-refractivity contribution in [3.63, 3.8) is 0 Å². The van der Waals surface area contributed by atoms with Crippen LogP contribution in [0.3, 0.4) is 0 Å². The van der Waals surface area contributed by atoms with Crippen molar-refractivity contribution in [2.45, 2.75) is 33.2 Å². The van der Waals surface area contributed by atoms with Gasteiger partial charge in [-0.1, -0.05) is 43.7 Å². The van der Waals surface area contributed by atoms with Crippen molar-refractivity contribution in [3.05, 3.63) is 76.6 Å². The van der Waals surface area contributed by atoms with Crippen LogP contribution in [0.2, 0.25) is 0 Å². The molecule has 1 heterocycles. The molecule has 1 aliphatic heterocycles. The molecule has 0 spiro atoms. The number of amides is 1. The van der Waals surface area contributed by atoms with E-state index in [-0.39, 0.29) is 23.6 Å². The van der Waals surface area contributed by atoms with Gasteiger partial charge < -0.3 is 5.11 Å². The van der Waals surface area contributed by atoms with Gasteiger partial charge in [-0.25, -0.2) is 8.78 Å². The number of aliphatic hydroxyl groups excluding tert-OH is 1. The van der Waals surface area contributed by atoms with Gasteiger partial charge >= 0.3 is 0 Å². The summed E-state index contributed by atoms with van der Waals surface area (Å²) in [6, 6.07) is 8.74. The maximum atomic E-state index is 14.5. The van der Waals surface area contributed by atoms with E-state index in [9.17, 15) is 23.5 Å². The highest BCUT2D eigenvalue weighted by Gasteiger charge is 2.45. The van der Waals surface area contributed by atoms with E-state index in [4.69, 9.17) is 0 Å². The third-order valence-electron chi connectivity index (χ3n) is 4.63. The van der Waals surface area contributed by atoms with Gasteiger partial charge in [-0.2, -0.15) is 0 Å². The fourth-order valence-electron chi connectivity index (χ4n) is 3.45. The highest BCUT2D eigenvalue weighted by molar-refractivity contribution is 6.16. The second-order valence-corrected chi connectivity index (χ2v) is 7.37. The lowest BCUT2D eigenvalue weighted by atomic mass is 9.91. The van der Waals surface area contributed by atoms with Crippen molar-refractivity contribution in [3.8, 4) is 0 Å². The first-order valence-electron chi connectivity index (χ1n) is 9.02. The number of ketones is 1. The molecule has 6 heteroatoms. The minimum atomic E-state index is -1.03. The lowest BCUT2D eigenvalue weighted by Gasteiger charge is -2.27. The van der Waals surface area contributed by atoms with E-state index in [1.807, 2.05) is 26.8 Å². The van der Waals surface area contributed by atoms with Crippen LogP contribution >= 0.6 is 0 Å². The van der Waals surface area contributed by atoms with E-state index in [2.05, 4.69) is 0 Å². The number of Topliss-reactive ketones (excluding diaryl/α,β-unsaturated/α-hetero) is 1. The molecule has 1 unspecified atom stereocenters. The summed E-state index contributed by atoms with van der Waals surface area (Å²) in [6.07, 6.45) is 0.120. The molecule has 0 fully saturated rings. The van der Waals surface area contributed by atoms with Crippen molar-refractivity contribution in [1.29, 1.82) is 0 Å². The highest BCUT2D eigenvalue weighted by Crippen LogP contribution is 2.42. The minimum absolute atomic E-state index is 0.000942. The summed E-state index contributed by atoms with van der Waals surface area (Å²) < 4.78 is 28.3. The number of hydrogen-bond donors (Lipinski definition) is 1. The first-order chi connectivity index (χ1) is 13.2. The fraction of sp³-hybridized carbons (Fsp3) is 0.273. The maximum Gasteiger partial charge on any atom is 0.294 e. The van der Waals surface area contributed by atoms with Gasteiger partial charge in [-0.05, 0) is 30.5 Å². The van der Waals surface area contributed by atoms with Crippen LogP contribution in [0.1, 0.15) is 37.4 Å². The number of rotatable bonds is 5. The van der Waals surface area contributed by atoms with Crippen molar-refractivity contribution in [2.24, 2.45) is 5.92 Å². The molecule has 28 heavy (non-hydrogen) atoms. The standard InChI is InChI=1S/C22H21F2NO3/c1-12(2)9-18(26)19-20(14-6-4-5-13(3)10-14)25(22(28)21(19)27)17-11-15(23)7-8-16(17)24/h4-8,10-12,20,27H,9H2,1-3H3. The molecule has 0 saturated heterocycles.